The molecule has 0 saturated carbocycles. The van der Waals surface area contributed by atoms with Crippen molar-refractivity contribution >= 4 is 28.7 Å². The minimum atomic E-state index is -5.08. The molecule has 0 fully saturated rings. The van der Waals surface area contributed by atoms with E-state index in [1.54, 1.807) is 30.9 Å². The minimum Gasteiger partial charge on any atom is -0.493 e. The molecule has 1 aliphatic rings. The molecule has 51 heavy (non-hydrogen) atoms. The van der Waals surface area contributed by atoms with Crippen molar-refractivity contribution in [2.45, 2.75) is 31.1 Å². The molecular weight excluding hydrogens is 694 g/mol. The van der Waals surface area contributed by atoms with E-state index < -0.39 is 24.3 Å². The van der Waals surface area contributed by atoms with Crippen molar-refractivity contribution in [2.24, 2.45) is 0 Å². The Morgan fingerprint density at radius 2 is 1.65 bits per heavy atom. The third-order valence-corrected chi connectivity index (χ3v) is 7.08. The molecule has 0 bridgehead atoms. The fourth-order valence-corrected chi connectivity index (χ4v) is 4.62. The smallest absolute Gasteiger partial charge is 0.490 e. The Labute approximate surface area is 282 Å². The van der Waals surface area contributed by atoms with Crippen molar-refractivity contribution in [3.8, 4) is 16.9 Å². The van der Waals surface area contributed by atoms with E-state index in [2.05, 4.69) is 25.5 Å². The second-order valence-corrected chi connectivity index (χ2v) is 10.7. The van der Waals surface area contributed by atoms with Crippen LogP contribution in [0.1, 0.15) is 33.2 Å². The third-order valence-electron chi connectivity index (χ3n) is 7.08. The highest BCUT2D eigenvalue weighted by molar-refractivity contribution is 5.94. The van der Waals surface area contributed by atoms with Crippen LogP contribution in [0.5, 0.6) is 5.75 Å². The maximum absolute atomic E-state index is 12.9. The molecule has 0 radical (unpaired) electrons. The zero-order valence-electron chi connectivity index (χ0n) is 25.9. The van der Waals surface area contributed by atoms with Gasteiger partial charge in [-0.3, -0.25) is 19.7 Å². The van der Waals surface area contributed by atoms with Gasteiger partial charge in [0, 0.05) is 36.3 Å². The number of hydrogen-bond donors (Lipinski definition) is 5. The first-order chi connectivity index (χ1) is 24.0. The summed E-state index contributed by atoms with van der Waals surface area (Å²) in [5.41, 5.74) is 4.77. The van der Waals surface area contributed by atoms with Crippen LogP contribution in [-0.2, 0) is 22.4 Å². The van der Waals surface area contributed by atoms with Crippen LogP contribution in [0.4, 0.5) is 26.3 Å². The highest BCUT2D eigenvalue weighted by atomic mass is 19.4. The number of amides is 1. The number of rotatable bonds is 6. The number of nitrogens with one attached hydrogen (secondary N) is 3. The van der Waals surface area contributed by atoms with Crippen LogP contribution in [0.2, 0.25) is 0 Å². The Morgan fingerprint density at radius 3 is 2.25 bits per heavy atom. The number of H-pyrrole nitrogens is 2. The van der Waals surface area contributed by atoms with Gasteiger partial charge in [-0.2, -0.15) is 31.4 Å². The number of fused-ring (bicyclic) bond motifs is 2. The van der Waals surface area contributed by atoms with Crippen LogP contribution < -0.4 is 15.6 Å². The first-order valence-corrected chi connectivity index (χ1v) is 14.6. The summed E-state index contributed by atoms with van der Waals surface area (Å²) >= 11 is 0. The van der Waals surface area contributed by atoms with Gasteiger partial charge >= 0.3 is 24.3 Å². The Balaban J connectivity index is 0.000000353. The molecule has 0 spiro atoms. The van der Waals surface area contributed by atoms with E-state index >= 15 is 0 Å². The van der Waals surface area contributed by atoms with Crippen molar-refractivity contribution in [2.75, 3.05) is 13.2 Å². The third kappa shape index (κ3) is 10.4. The highest BCUT2D eigenvalue weighted by Crippen LogP contribution is 2.32. The Kier molecular flexibility index (Phi) is 11.8. The number of benzene rings is 2. The molecule has 2 aromatic carbocycles. The zero-order chi connectivity index (χ0) is 37.3. The summed E-state index contributed by atoms with van der Waals surface area (Å²) < 4.78 is 69.4. The predicted octanol–water partition coefficient (Wildman–Crippen LogP) is 4.67. The lowest BCUT2D eigenvalue weighted by molar-refractivity contribution is -0.193. The number of alkyl halides is 6. The first-order valence-electron chi connectivity index (χ1n) is 14.6. The number of carbonyl (C=O) groups excluding carboxylic acids is 1. The maximum Gasteiger partial charge on any atom is 0.490 e. The second-order valence-electron chi connectivity index (χ2n) is 10.7. The number of pyridine rings is 1. The first kappa shape index (κ1) is 37.5. The molecule has 5 N–H and O–H groups in total. The molecule has 0 aliphatic carbocycles. The van der Waals surface area contributed by atoms with Crippen LogP contribution in [0.3, 0.4) is 0 Å². The number of nitrogens with zero attached hydrogens (tertiary/aromatic N) is 3. The van der Waals surface area contributed by atoms with Gasteiger partial charge in [0.15, 0.2) is 0 Å². The number of halogens is 6. The normalized spacial score (nSPS) is 13.7. The summed E-state index contributed by atoms with van der Waals surface area (Å²) in [7, 11) is 0. The summed E-state index contributed by atoms with van der Waals surface area (Å²) in [6, 6.07) is 14.9. The summed E-state index contributed by atoms with van der Waals surface area (Å²) in [6.07, 6.45) is -1.83. The van der Waals surface area contributed by atoms with Crippen molar-refractivity contribution < 1.29 is 55.7 Å². The summed E-state index contributed by atoms with van der Waals surface area (Å²) in [5, 5.41) is 24.5. The van der Waals surface area contributed by atoms with E-state index in [-0.39, 0.29) is 17.4 Å². The topological polar surface area (TPSA) is 200 Å². The summed E-state index contributed by atoms with van der Waals surface area (Å²) in [5.74, 6) is -4.47. The lowest BCUT2D eigenvalue weighted by Gasteiger charge is -2.25. The number of carboxylic acids is 2. The van der Waals surface area contributed by atoms with Gasteiger partial charge in [0.2, 0.25) is 0 Å². The van der Waals surface area contributed by atoms with Gasteiger partial charge in [0.1, 0.15) is 11.6 Å². The molecule has 3 aromatic heterocycles. The number of aliphatic carboxylic acids is 2. The largest absolute Gasteiger partial charge is 0.493 e. The molecule has 5 aromatic rings. The number of hydrogen-bond acceptors (Lipinski definition) is 8. The van der Waals surface area contributed by atoms with Crippen LogP contribution in [0, 0.1) is 0 Å². The van der Waals surface area contributed by atoms with E-state index in [9.17, 15) is 35.9 Å². The molecular formula is C32H26F6N6O7. The highest BCUT2D eigenvalue weighted by Gasteiger charge is 2.39. The summed E-state index contributed by atoms with van der Waals surface area (Å²) in [6.45, 7) is 0.913. The van der Waals surface area contributed by atoms with Crippen molar-refractivity contribution in [1.82, 2.24) is 30.5 Å². The lowest BCUT2D eigenvalue weighted by atomic mass is 9.94. The van der Waals surface area contributed by atoms with E-state index in [1.165, 1.54) is 0 Å². The molecule has 13 nitrogen and oxygen atoms in total. The van der Waals surface area contributed by atoms with Gasteiger partial charge < -0.3 is 25.3 Å². The Bertz CT molecular complexity index is 2030. The summed E-state index contributed by atoms with van der Waals surface area (Å²) in [4.78, 5) is 55.3. The molecule has 268 valence electrons. The average Bonchev–Trinajstić information content (AvgIpc) is 3.63. The number of ether oxygens (including phenoxy) is 1. The van der Waals surface area contributed by atoms with Gasteiger partial charge in [-0.15, -0.1) is 0 Å². The van der Waals surface area contributed by atoms with Crippen molar-refractivity contribution in [1.29, 1.82) is 0 Å². The van der Waals surface area contributed by atoms with E-state index in [0.29, 0.717) is 48.3 Å². The van der Waals surface area contributed by atoms with Crippen LogP contribution in [0.15, 0.2) is 78.1 Å². The van der Waals surface area contributed by atoms with E-state index in [1.807, 2.05) is 42.5 Å². The molecule has 0 saturated heterocycles. The molecule has 1 atom stereocenters. The number of carboxylic acid groups (broad SMARTS) is 2. The number of carbonyl (C=O) groups is 3. The maximum atomic E-state index is 12.9. The fourth-order valence-electron chi connectivity index (χ4n) is 4.62. The quantitative estimate of drug-likeness (QED) is 0.154. The van der Waals surface area contributed by atoms with Crippen LogP contribution in [-0.4, -0.2) is 78.7 Å². The number of aromatic amines is 2. The average molecular weight is 721 g/mol. The van der Waals surface area contributed by atoms with Crippen LogP contribution in [0.25, 0.3) is 22.0 Å². The number of aromatic nitrogens is 5. The zero-order valence-corrected chi connectivity index (χ0v) is 25.9. The second kappa shape index (κ2) is 16.0. The molecule has 1 amide bonds. The van der Waals surface area contributed by atoms with E-state index in [0.717, 1.165) is 28.0 Å². The predicted molar refractivity (Wildman–Crippen MR) is 166 cm³/mol. The monoisotopic (exact) mass is 720 g/mol. The van der Waals surface area contributed by atoms with Crippen molar-refractivity contribution in [3.05, 3.63) is 106 Å². The molecule has 4 heterocycles. The fraction of sp³-hybridized carbons (Fsp3) is 0.219. The standard InChI is InChI=1S/C28H24N6O3.2C2HF3O2/c35-27(30-9-7-17-2-1-8-29-13-17)19-4-6-25-20(10-19)11-21(16-37-25)26-33-24-5-3-18(22-14-31-32-15-22)12-23(24)28(36)34-26;2*3-2(4,5)1(6)7/h1-6,8,10,12-15,21H,7,9,11,16H2,(H,30,35)(H,31,32)(H,33,34,36);2*(H,6,7). The van der Waals surface area contributed by atoms with Crippen LogP contribution >= 0.6 is 0 Å². The Morgan fingerprint density at radius 1 is 0.941 bits per heavy atom. The van der Waals surface area contributed by atoms with Gasteiger partial charge in [0.05, 0.1) is 29.6 Å². The van der Waals surface area contributed by atoms with Gasteiger partial charge in [0.25, 0.3) is 11.5 Å². The molecule has 6 rings (SSSR count). The van der Waals surface area contributed by atoms with E-state index in [4.69, 9.17) is 29.5 Å². The lowest BCUT2D eigenvalue weighted by Crippen LogP contribution is -2.27. The Hall–Kier alpha value is -6.27. The van der Waals surface area contributed by atoms with Gasteiger partial charge in [-0.1, -0.05) is 12.1 Å². The van der Waals surface area contributed by atoms with Gasteiger partial charge in [-0.05, 0) is 65.9 Å². The molecule has 1 aliphatic heterocycles. The van der Waals surface area contributed by atoms with Gasteiger partial charge in [-0.25, -0.2) is 14.6 Å². The van der Waals surface area contributed by atoms with Crippen molar-refractivity contribution in [3.63, 3.8) is 0 Å². The minimum absolute atomic E-state index is 0.137. The molecule has 19 heteroatoms. The molecule has 1 unspecified atom stereocenters. The SMILES string of the molecule is O=C(NCCc1cccnc1)c1ccc2c(c1)CC(c1nc3ccc(-c4cn[nH]c4)cc3c(=O)[nH]1)CO2.O=C(O)C(F)(F)F.O=C(O)C(F)(F)F.